The molecule has 4 rings (SSSR count). The Labute approximate surface area is 236 Å². The molecule has 214 valence electrons. The van der Waals surface area contributed by atoms with Crippen molar-refractivity contribution in [1.82, 2.24) is 20.0 Å². The standard InChI is InChI=1S/C31H40N4O5/c1-7-40-30(37)27-26(33(5)31(38)32-28(27)23-10-8-22(9-11-23)20(2)3)19-34-16-17-35(21(4)18-34)29(36)24-12-14-25(39-6)15-13-24/h8-15,20-21,28H,7,16-19H2,1-6H3,(H,32,38). The summed E-state index contributed by atoms with van der Waals surface area (Å²) in [4.78, 5) is 45.2. The second kappa shape index (κ2) is 12.6. The van der Waals surface area contributed by atoms with Gasteiger partial charge in [0, 0.05) is 50.5 Å². The number of nitrogens with zero attached hydrogens (tertiary/aromatic N) is 3. The zero-order valence-electron chi connectivity index (χ0n) is 24.3. The second-order valence-corrected chi connectivity index (χ2v) is 10.7. The lowest BCUT2D eigenvalue weighted by Crippen LogP contribution is -2.56. The van der Waals surface area contributed by atoms with Crippen molar-refractivity contribution in [2.24, 2.45) is 0 Å². The molecule has 2 aliphatic rings. The van der Waals surface area contributed by atoms with Crippen LogP contribution in [0.25, 0.3) is 0 Å². The van der Waals surface area contributed by atoms with Crippen molar-refractivity contribution >= 4 is 17.9 Å². The van der Waals surface area contributed by atoms with E-state index in [-0.39, 0.29) is 24.6 Å². The van der Waals surface area contributed by atoms with E-state index >= 15 is 0 Å². The Morgan fingerprint density at radius 1 is 1.05 bits per heavy atom. The van der Waals surface area contributed by atoms with E-state index in [1.807, 2.05) is 36.1 Å². The minimum absolute atomic E-state index is 0.0275. The molecule has 3 amide bonds. The summed E-state index contributed by atoms with van der Waals surface area (Å²) in [5, 5.41) is 2.99. The van der Waals surface area contributed by atoms with E-state index in [1.54, 1.807) is 45.3 Å². The Morgan fingerprint density at radius 3 is 2.30 bits per heavy atom. The largest absolute Gasteiger partial charge is 0.497 e. The first-order chi connectivity index (χ1) is 19.1. The molecule has 40 heavy (non-hydrogen) atoms. The first-order valence-electron chi connectivity index (χ1n) is 13.9. The average Bonchev–Trinajstić information content (AvgIpc) is 2.95. The lowest BCUT2D eigenvalue weighted by Gasteiger charge is -2.42. The summed E-state index contributed by atoms with van der Waals surface area (Å²) in [5.41, 5.74) is 3.67. The number of esters is 1. The molecule has 1 N–H and O–H groups in total. The highest BCUT2D eigenvalue weighted by Gasteiger charge is 2.38. The fourth-order valence-electron chi connectivity index (χ4n) is 5.31. The molecular formula is C31H40N4O5. The summed E-state index contributed by atoms with van der Waals surface area (Å²) in [6.45, 7) is 10.4. The predicted octanol–water partition coefficient (Wildman–Crippen LogP) is 4.18. The minimum Gasteiger partial charge on any atom is -0.497 e. The van der Waals surface area contributed by atoms with E-state index in [2.05, 4.69) is 24.1 Å². The van der Waals surface area contributed by atoms with Crippen LogP contribution in [-0.2, 0) is 9.53 Å². The molecule has 2 atom stereocenters. The fraction of sp³-hybridized carbons (Fsp3) is 0.452. The smallest absolute Gasteiger partial charge is 0.338 e. The molecular weight excluding hydrogens is 508 g/mol. The van der Waals surface area contributed by atoms with Crippen LogP contribution >= 0.6 is 0 Å². The molecule has 0 aromatic heterocycles. The molecule has 2 aliphatic heterocycles. The highest BCUT2D eigenvalue weighted by Crippen LogP contribution is 2.32. The number of carbonyl (C=O) groups is 3. The molecule has 2 unspecified atom stereocenters. The van der Waals surface area contributed by atoms with Crippen molar-refractivity contribution in [3.05, 3.63) is 76.5 Å². The Balaban J connectivity index is 1.58. The number of nitrogens with one attached hydrogen (secondary N) is 1. The van der Waals surface area contributed by atoms with Gasteiger partial charge in [0.2, 0.25) is 0 Å². The van der Waals surface area contributed by atoms with Crippen molar-refractivity contribution in [1.29, 1.82) is 0 Å². The van der Waals surface area contributed by atoms with E-state index in [1.165, 1.54) is 10.5 Å². The topological polar surface area (TPSA) is 91.4 Å². The van der Waals surface area contributed by atoms with Crippen LogP contribution in [0.1, 0.15) is 61.1 Å². The minimum atomic E-state index is -0.616. The highest BCUT2D eigenvalue weighted by atomic mass is 16.5. The number of rotatable bonds is 8. The maximum absolute atomic E-state index is 13.3. The SMILES string of the molecule is CCOC(=O)C1=C(CN2CCN(C(=O)c3ccc(OC)cc3)C(C)C2)N(C)C(=O)NC1c1ccc(C(C)C)cc1. The molecule has 1 saturated heterocycles. The van der Waals surface area contributed by atoms with Crippen LogP contribution < -0.4 is 10.1 Å². The summed E-state index contributed by atoms with van der Waals surface area (Å²) in [6.07, 6.45) is 0. The van der Waals surface area contributed by atoms with E-state index in [0.717, 1.165) is 5.56 Å². The summed E-state index contributed by atoms with van der Waals surface area (Å²) in [7, 11) is 3.27. The van der Waals surface area contributed by atoms with Crippen molar-refractivity contribution in [3.8, 4) is 5.75 Å². The highest BCUT2D eigenvalue weighted by molar-refractivity contribution is 5.95. The Morgan fingerprint density at radius 2 is 1.73 bits per heavy atom. The molecule has 0 bridgehead atoms. The van der Waals surface area contributed by atoms with Crippen LogP contribution in [0.5, 0.6) is 5.75 Å². The maximum Gasteiger partial charge on any atom is 0.338 e. The van der Waals surface area contributed by atoms with Gasteiger partial charge in [-0.2, -0.15) is 0 Å². The number of hydrogen-bond acceptors (Lipinski definition) is 6. The summed E-state index contributed by atoms with van der Waals surface area (Å²) >= 11 is 0. The van der Waals surface area contributed by atoms with E-state index in [0.29, 0.717) is 54.7 Å². The quantitative estimate of drug-likeness (QED) is 0.498. The van der Waals surface area contributed by atoms with E-state index in [4.69, 9.17) is 9.47 Å². The van der Waals surface area contributed by atoms with Crippen LogP contribution in [0.2, 0.25) is 0 Å². The van der Waals surface area contributed by atoms with Crippen LogP contribution in [0.15, 0.2) is 59.8 Å². The second-order valence-electron chi connectivity index (χ2n) is 10.7. The molecule has 0 spiro atoms. The molecule has 0 radical (unpaired) electrons. The lowest BCUT2D eigenvalue weighted by atomic mass is 9.92. The van der Waals surface area contributed by atoms with Gasteiger partial charge in [-0.1, -0.05) is 38.1 Å². The normalized spacial score (nSPS) is 20.0. The van der Waals surface area contributed by atoms with Crippen molar-refractivity contribution in [2.45, 2.75) is 45.7 Å². The Kier molecular flexibility index (Phi) is 9.14. The van der Waals surface area contributed by atoms with Gasteiger partial charge in [0.1, 0.15) is 5.75 Å². The number of ether oxygens (including phenoxy) is 2. The third kappa shape index (κ3) is 6.14. The number of piperazine rings is 1. The van der Waals surface area contributed by atoms with Gasteiger partial charge in [0.25, 0.3) is 5.91 Å². The third-order valence-corrected chi connectivity index (χ3v) is 7.69. The van der Waals surface area contributed by atoms with Gasteiger partial charge in [-0.25, -0.2) is 9.59 Å². The van der Waals surface area contributed by atoms with Gasteiger partial charge in [0.15, 0.2) is 0 Å². The molecule has 2 aromatic rings. The first-order valence-corrected chi connectivity index (χ1v) is 13.9. The van der Waals surface area contributed by atoms with Crippen LogP contribution in [-0.4, -0.2) is 85.6 Å². The molecule has 0 aliphatic carbocycles. The van der Waals surface area contributed by atoms with E-state index in [9.17, 15) is 14.4 Å². The van der Waals surface area contributed by atoms with E-state index < -0.39 is 12.0 Å². The van der Waals surface area contributed by atoms with Crippen molar-refractivity contribution in [2.75, 3.05) is 46.9 Å². The fourth-order valence-corrected chi connectivity index (χ4v) is 5.31. The maximum atomic E-state index is 13.3. The van der Waals surface area contributed by atoms with Crippen molar-refractivity contribution in [3.63, 3.8) is 0 Å². The number of methoxy groups -OCH3 is 1. The van der Waals surface area contributed by atoms with Gasteiger partial charge in [-0.15, -0.1) is 0 Å². The van der Waals surface area contributed by atoms with Gasteiger partial charge >= 0.3 is 12.0 Å². The summed E-state index contributed by atoms with van der Waals surface area (Å²) < 4.78 is 10.7. The number of carbonyl (C=O) groups excluding carboxylic acids is 3. The molecule has 2 aromatic carbocycles. The predicted molar refractivity (Wildman–Crippen MR) is 153 cm³/mol. The van der Waals surface area contributed by atoms with Crippen molar-refractivity contribution < 1.29 is 23.9 Å². The van der Waals surface area contributed by atoms with Gasteiger partial charge < -0.3 is 19.7 Å². The molecule has 0 saturated carbocycles. The molecule has 1 fully saturated rings. The average molecular weight is 549 g/mol. The van der Waals surface area contributed by atoms with Gasteiger partial charge in [-0.3, -0.25) is 14.6 Å². The van der Waals surface area contributed by atoms with Gasteiger partial charge in [0.05, 0.1) is 25.3 Å². The molecule has 9 nitrogen and oxygen atoms in total. The summed E-state index contributed by atoms with van der Waals surface area (Å²) in [5.74, 6) is 0.605. The van der Waals surface area contributed by atoms with Crippen LogP contribution in [0, 0.1) is 0 Å². The number of hydrogen-bond donors (Lipinski definition) is 1. The first kappa shape index (κ1) is 29.1. The number of amides is 3. The number of benzene rings is 2. The molecule has 2 heterocycles. The number of likely N-dealkylation sites (N-methyl/N-ethyl adjacent to an activating group) is 1. The van der Waals surface area contributed by atoms with Gasteiger partial charge in [-0.05, 0) is 55.2 Å². The lowest BCUT2D eigenvalue weighted by molar-refractivity contribution is -0.139. The zero-order valence-corrected chi connectivity index (χ0v) is 24.3. The molecule has 9 heteroatoms. The third-order valence-electron chi connectivity index (χ3n) is 7.69. The summed E-state index contributed by atoms with van der Waals surface area (Å²) in [6, 6.07) is 14.2. The van der Waals surface area contributed by atoms with Crippen LogP contribution in [0.4, 0.5) is 4.79 Å². The van der Waals surface area contributed by atoms with Crippen LogP contribution in [0.3, 0.4) is 0 Å². The number of urea groups is 1. The zero-order chi connectivity index (χ0) is 29.0. The monoisotopic (exact) mass is 548 g/mol. The Hall–Kier alpha value is -3.85. The Bertz CT molecular complexity index is 1260.